The molecule has 0 aromatic heterocycles. The highest BCUT2D eigenvalue weighted by molar-refractivity contribution is 5.31. The van der Waals surface area contributed by atoms with E-state index in [4.69, 9.17) is 18.9 Å². The Bertz CT molecular complexity index is 415. The first-order valence-corrected chi connectivity index (χ1v) is 6.76. The summed E-state index contributed by atoms with van der Waals surface area (Å²) in [7, 11) is 1.62. The molecule has 112 valence electrons. The SMILES string of the molecule is COc1ccc(O[C@H](CO)C[C@@H]2COC(C)(C)O2)cc1. The molecule has 0 amide bonds. The van der Waals surface area contributed by atoms with E-state index in [9.17, 15) is 5.11 Å². The lowest BCUT2D eigenvalue weighted by molar-refractivity contribution is -0.141. The van der Waals surface area contributed by atoms with Gasteiger partial charge in [0.2, 0.25) is 0 Å². The van der Waals surface area contributed by atoms with Crippen LogP contribution < -0.4 is 9.47 Å². The summed E-state index contributed by atoms with van der Waals surface area (Å²) >= 11 is 0. The highest BCUT2D eigenvalue weighted by Gasteiger charge is 2.34. The molecule has 0 radical (unpaired) electrons. The quantitative estimate of drug-likeness (QED) is 0.864. The highest BCUT2D eigenvalue weighted by atomic mass is 16.7. The molecule has 1 aliphatic rings. The van der Waals surface area contributed by atoms with Crippen LogP contribution in [-0.4, -0.2) is 43.4 Å². The number of benzene rings is 1. The average Bonchev–Trinajstić information content (AvgIpc) is 2.78. The molecule has 1 saturated heterocycles. The van der Waals surface area contributed by atoms with Gasteiger partial charge >= 0.3 is 0 Å². The van der Waals surface area contributed by atoms with Crippen LogP contribution in [0.2, 0.25) is 0 Å². The molecule has 2 rings (SSSR count). The van der Waals surface area contributed by atoms with Crippen LogP contribution in [-0.2, 0) is 9.47 Å². The van der Waals surface area contributed by atoms with Crippen LogP contribution in [0.15, 0.2) is 24.3 Å². The summed E-state index contributed by atoms with van der Waals surface area (Å²) < 4.78 is 22.1. The molecule has 1 N–H and O–H groups in total. The van der Waals surface area contributed by atoms with Gasteiger partial charge < -0.3 is 24.1 Å². The van der Waals surface area contributed by atoms with Crippen molar-refractivity contribution in [2.75, 3.05) is 20.3 Å². The normalized spacial score (nSPS) is 22.5. The molecular weight excluding hydrogens is 260 g/mol. The molecular formula is C15H22O5. The average molecular weight is 282 g/mol. The molecule has 0 unspecified atom stereocenters. The van der Waals surface area contributed by atoms with Gasteiger partial charge in [0.05, 0.1) is 26.4 Å². The minimum atomic E-state index is -0.551. The van der Waals surface area contributed by atoms with Gasteiger partial charge in [-0.3, -0.25) is 0 Å². The maximum atomic E-state index is 9.43. The smallest absolute Gasteiger partial charge is 0.163 e. The third kappa shape index (κ3) is 4.10. The Hall–Kier alpha value is -1.30. The van der Waals surface area contributed by atoms with Gasteiger partial charge in [-0.15, -0.1) is 0 Å². The van der Waals surface area contributed by atoms with E-state index in [0.29, 0.717) is 18.8 Å². The Morgan fingerprint density at radius 2 is 1.95 bits per heavy atom. The number of aliphatic hydroxyl groups excluding tert-OH is 1. The Morgan fingerprint density at radius 3 is 2.45 bits per heavy atom. The fourth-order valence-corrected chi connectivity index (χ4v) is 2.18. The van der Waals surface area contributed by atoms with Crippen molar-refractivity contribution in [2.45, 2.75) is 38.3 Å². The standard InChI is InChI=1S/C15H22O5/c1-15(2)18-10-14(20-15)8-13(9-16)19-12-6-4-11(17-3)5-7-12/h4-7,13-14,16H,8-10H2,1-3H3/t13-,14+/m0/s1. The zero-order chi connectivity index (χ0) is 14.6. The van der Waals surface area contributed by atoms with Crippen molar-refractivity contribution in [1.82, 2.24) is 0 Å². The van der Waals surface area contributed by atoms with Crippen molar-refractivity contribution in [3.8, 4) is 11.5 Å². The molecule has 1 aliphatic heterocycles. The van der Waals surface area contributed by atoms with E-state index in [0.717, 1.165) is 5.75 Å². The Labute approximate surface area is 119 Å². The van der Waals surface area contributed by atoms with Gasteiger partial charge in [-0.05, 0) is 38.1 Å². The second kappa shape index (κ2) is 6.43. The van der Waals surface area contributed by atoms with Gasteiger partial charge in [0, 0.05) is 6.42 Å². The zero-order valence-electron chi connectivity index (χ0n) is 12.2. The number of methoxy groups -OCH3 is 1. The first kappa shape index (κ1) is 15.1. The van der Waals surface area contributed by atoms with E-state index >= 15 is 0 Å². The molecule has 0 bridgehead atoms. The van der Waals surface area contributed by atoms with Gasteiger partial charge in [0.25, 0.3) is 0 Å². The van der Waals surface area contributed by atoms with E-state index < -0.39 is 5.79 Å². The fraction of sp³-hybridized carbons (Fsp3) is 0.600. The third-order valence-corrected chi connectivity index (χ3v) is 3.16. The molecule has 0 spiro atoms. The third-order valence-electron chi connectivity index (χ3n) is 3.16. The Balaban J connectivity index is 1.88. The molecule has 5 heteroatoms. The van der Waals surface area contributed by atoms with Crippen molar-refractivity contribution < 1.29 is 24.1 Å². The van der Waals surface area contributed by atoms with Gasteiger partial charge in [-0.2, -0.15) is 0 Å². The molecule has 0 aliphatic carbocycles. The van der Waals surface area contributed by atoms with Crippen LogP contribution in [0.5, 0.6) is 11.5 Å². The lowest BCUT2D eigenvalue weighted by atomic mass is 10.1. The van der Waals surface area contributed by atoms with E-state index in [1.54, 1.807) is 7.11 Å². The summed E-state index contributed by atoms with van der Waals surface area (Å²) in [5, 5.41) is 9.43. The minimum absolute atomic E-state index is 0.0552. The van der Waals surface area contributed by atoms with Crippen molar-refractivity contribution in [3.63, 3.8) is 0 Å². The highest BCUT2D eigenvalue weighted by Crippen LogP contribution is 2.26. The first-order chi connectivity index (χ1) is 9.52. The minimum Gasteiger partial charge on any atom is -0.497 e. The largest absolute Gasteiger partial charge is 0.497 e. The van der Waals surface area contributed by atoms with E-state index in [1.807, 2.05) is 38.1 Å². The van der Waals surface area contributed by atoms with E-state index in [2.05, 4.69) is 0 Å². The second-order valence-electron chi connectivity index (χ2n) is 5.28. The van der Waals surface area contributed by atoms with Crippen LogP contribution in [0.25, 0.3) is 0 Å². The first-order valence-electron chi connectivity index (χ1n) is 6.76. The van der Waals surface area contributed by atoms with Crippen LogP contribution >= 0.6 is 0 Å². The summed E-state index contributed by atoms with van der Waals surface area (Å²) in [4.78, 5) is 0. The van der Waals surface area contributed by atoms with Gasteiger partial charge in [0.1, 0.15) is 17.6 Å². The molecule has 1 aromatic rings. The molecule has 1 aromatic carbocycles. The van der Waals surface area contributed by atoms with E-state index in [1.165, 1.54) is 0 Å². The zero-order valence-corrected chi connectivity index (χ0v) is 12.2. The summed E-state index contributed by atoms with van der Waals surface area (Å²) in [5.74, 6) is 0.917. The molecule has 1 heterocycles. The van der Waals surface area contributed by atoms with Crippen molar-refractivity contribution in [2.24, 2.45) is 0 Å². The lowest BCUT2D eigenvalue weighted by Crippen LogP contribution is -2.29. The monoisotopic (exact) mass is 282 g/mol. The van der Waals surface area contributed by atoms with Crippen LogP contribution in [0, 0.1) is 0 Å². The van der Waals surface area contributed by atoms with Gasteiger partial charge in [0.15, 0.2) is 5.79 Å². The molecule has 20 heavy (non-hydrogen) atoms. The summed E-state index contributed by atoms with van der Waals surface area (Å²) in [6.45, 7) is 4.22. The van der Waals surface area contributed by atoms with Crippen molar-refractivity contribution in [1.29, 1.82) is 0 Å². The predicted octanol–water partition coefficient (Wildman–Crippen LogP) is 1.98. The van der Waals surface area contributed by atoms with Crippen LogP contribution in [0.3, 0.4) is 0 Å². The Morgan fingerprint density at radius 1 is 1.30 bits per heavy atom. The number of aliphatic hydroxyl groups is 1. The van der Waals surface area contributed by atoms with Gasteiger partial charge in [-0.25, -0.2) is 0 Å². The molecule has 2 atom stereocenters. The molecule has 0 saturated carbocycles. The summed E-state index contributed by atoms with van der Waals surface area (Å²) in [6.07, 6.45) is 0.220. The van der Waals surface area contributed by atoms with Crippen LogP contribution in [0.4, 0.5) is 0 Å². The maximum Gasteiger partial charge on any atom is 0.163 e. The van der Waals surface area contributed by atoms with Crippen molar-refractivity contribution in [3.05, 3.63) is 24.3 Å². The van der Waals surface area contributed by atoms with E-state index in [-0.39, 0.29) is 18.8 Å². The van der Waals surface area contributed by atoms with Gasteiger partial charge in [-0.1, -0.05) is 0 Å². The molecule has 1 fully saturated rings. The maximum absolute atomic E-state index is 9.43. The van der Waals surface area contributed by atoms with Crippen LogP contribution in [0.1, 0.15) is 20.3 Å². The summed E-state index contributed by atoms with van der Waals surface area (Å²) in [6, 6.07) is 7.28. The lowest BCUT2D eigenvalue weighted by Gasteiger charge is -2.21. The number of rotatable bonds is 6. The summed E-state index contributed by atoms with van der Waals surface area (Å²) in [5.41, 5.74) is 0. The number of hydrogen-bond donors (Lipinski definition) is 1. The molecule has 5 nitrogen and oxygen atoms in total. The Kier molecular flexibility index (Phi) is 4.86. The number of hydrogen-bond acceptors (Lipinski definition) is 5. The van der Waals surface area contributed by atoms with Crippen molar-refractivity contribution >= 4 is 0 Å². The topological polar surface area (TPSA) is 57.2 Å². The number of ether oxygens (including phenoxy) is 4. The predicted molar refractivity (Wildman–Crippen MR) is 74.0 cm³/mol. The second-order valence-corrected chi connectivity index (χ2v) is 5.28. The fourth-order valence-electron chi connectivity index (χ4n) is 2.18.